The van der Waals surface area contributed by atoms with E-state index in [2.05, 4.69) is 12.2 Å². The van der Waals surface area contributed by atoms with Gasteiger partial charge in [0.15, 0.2) is 0 Å². The van der Waals surface area contributed by atoms with Crippen LogP contribution in [0.5, 0.6) is 0 Å². The Morgan fingerprint density at radius 3 is 2.50 bits per heavy atom. The van der Waals surface area contributed by atoms with Crippen molar-refractivity contribution in [2.75, 3.05) is 5.32 Å². The summed E-state index contributed by atoms with van der Waals surface area (Å²) in [7, 11) is 1.60. The minimum atomic E-state index is -0.521. The Bertz CT molecular complexity index is 644. The minimum Gasteiger partial charge on any atom is -0.340 e. The number of hydrogen-bond acceptors (Lipinski definition) is 3. The third-order valence-corrected chi connectivity index (χ3v) is 3.05. The van der Waals surface area contributed by atoms with Crippen LogP contribution in [0.2, 0.25) is 0 Å². The molecule has 0 atom stereocenters. The highest BCUT2D eigenvalue weighted by Crippen LogP contribution is 2.17. The highest BCUT2D eigenvalue weighted by Gasteiger charge is 2.17. The summed E-state index contributed by atoms with van der Waals surface area (Å²) in [6.07, 6.45) is 2.24. The van der Waals surface area contributed by atoms with E-state index in [9.17, 15) is 14.9 Å². The Morgan fingerprint density at radius 2 is 2.00 bits per heavy atom. The minimum absolute atomic E-state index is 0.0982. The number of anilines is 1. The van der Waals surface area contributed by atoms with E-state index >= 15 is 0 Å². The van der Waals surface area contributed by atoms with Gasteiger partial charge in [0.2, 0.25) is 0 Å². The van der Waals surface area contributed by atoms with E-state index in [-0.39, 0.29) is 17.3 Å². The van der Waals surface area contributed by atoms with Gasteiger partial charge in [-0.3, -0.25) is 14.9 Å². The zero-order valence-electron chi connectivity index (χ0n) is 11.3. The zero-order valence-corrected chi connectivity index (χ0v) is 11.3. The van der Waals surface area contributed by atoms with Crippen molar-refractivity contribution in [2.24, 2.45) is 7.05 Å². The van der Waals surface area contributed by atoms with Crippen molar-refractivity contribution in [3.05, 3.63) is 57.9 Å². The van der Waals surface area contributed by atoms with Gasteiger partial charge in [0.05, 0.1) is 11.1 Å². The van der Waals surface area contributed by atoms with Crippen LogP contribution in [0, 0.1) is 10.1 Å². The van der Waals surface area contributed by atoms with Crippen LogP contribution >= 0.6 is 0 Å². The molecule has 0 unspecified atom stereocenters. The Morgan fingerprint density at radius 1 is 1.35 bits per heavy atom. The monoisotopic (exact) mass is 273 g/mol. The molecule has 6 nitrogen and oxygen atoms in total. The van der Waals surface area contributed by atoms with Crippen LogP contribution in [0.15, 0.2) is 36.5 Å². The van der Waals surface area contributed by atoms with E-state index in [0.29, 0.717) is 5.69 Å². The van der Waals surface area contributed by atoms with Gasteiger partial charge in [0.1, 0.15) is 5.69 Å². The lowest BCUT2D eigenvalue weighted by Gasteiger charge is -2.06. The second-order valence-electron chi connectivity index (χ2n) is 4.46. The lowest BCUT2D eigenvalue weighted by molar-refractivity contribution is -0.384. The molecule has 0 aliphatic heterocycles. The second-order valence-corrected chi connectivity index (χ2v) is 4.46. The number of amides is 1. The number of rotatable bonds is 4. The summed E-state index contributed by atoms with van der Waals surface area (Å²) < 4.78 is 1.44. The Labute approximate surface area is 116 Å². The highest BCUT2D eigenvalue weighted by molar-refractivity contribution is 6.03. The first-order valence-electron chi connectivity index (χ1n) is 6.22. The maximum atomic E-state index is 12.1. The molecule has 0 saturated heterocycles. The first kappa shape index (κ1) is 13.8. The average Bonchev–Trinajstić information content (AvgIpc) is 2.82. The summed E-state index contributed by atoms with van der Waals surface area (Å²) >= 11 is 0. The average molecular weight is 273 g/mol. The molecular formula is C14H15N3O3. The molecule has 1 heterocycles. The van der Waals surface area contributed by atoms with Crippen LogP contribution in [0.25, 0.3) is 0 Å². The molecule has 0 fully saturated rings. The van der Waals surface area contributed by atoms with Crippen LogP contribution in [0.4, 0.5) is 11.4 Å². The molecule has 1 N–H and O–H groups in total. The summed E-state index contributed by atoms with van der Waals surface area (Å²) in [6.45, 7) is 2.05. The zero-order chi connectivity index (χ0) is 14.7. The van der Waals surface area contributed by atoms with Crippen molar-refractivity contribution in [1.29, 1.82) is 0 Å². The second kappa shape index (κ2) is 5.56. The van der Waals surface area contributed by atoms with Gasteiger partial charge in [-0.05, 0) is 24.1 Å². The molecule has 0 bridgehead atoms. The molecule has 6 heteroatoms. The van der Waals surface area contributed by atoms with Crippen molar-refractivity contribution < 1.29 is 9.72 Å². The molecule has 1 aromatic carbocycles. The molecule has 104 valence electrons. The first-order chi connectivity index (χ1) is 9.51. The van der Waals surface area contributed by atoms with Crippen LogP contribution in [-0.4, -0.2) is 15.4 Å². The van der Waals surface area contributed by atoms with Gasteiger partial charge < -0.3 is 9.88 Å². The van der Waals surface area contributed by atoms with Crippen molar-refractivity contribution >= 4 is 17.3 Å². The third-order valence-electron chi connectivity index (χ3n) is 3.05. The van der Waals surface area contributed by atoms with Crippen molar-refractivity contribution in [3.8, 4) is 0 Å². The van der Waals surface area contributed by atoms with Gasteiger partial charge >= 0.3 is 0 Å². The number of nitrogens with zero attached hydrogens (tertiary/aromatic N) is 2. The summed E-state index contributed by atoms with van der Waals surface area (Å²) in [6, 6.07) is 8.75. The lowest BCUT2D eigenvalue weighted by Crippen LogP contribution is -2.15. The van der Waals surface area contributed by atoms with E-state index < -0.39 is 4.92 Å². The van der Waals surface area contributed by atoms with Gasteiger partial charge in [-0.15, -0.1) is 0 Å². The van der Waals surface area contributed by atoms with Crippen molar-refractivity contribution in [3.63, 3.8) is 0 Å². The Balaban J connectivity index is 2.16. The maximum Gasteiger partial charge on any atom is 0.287 e. The number of hydrogen-bond donors (Lipinski definition) is 1. The number of benzene rings is 1. The summed E-state index contributed by atoms with van der Waals surface area (Å²) in [5.41, 5.74) is 1.99. The fourth-order valence-corrected chi connectivity index (χ4v) is 1.89. The van der Waals surface area contributed by atoms with Gasteiger partial charge in [-0.2, -0.15) is 0 Å². The van der Waals surface area contributed by atoms with Crippen molar-refractivity contribution in [1.82, 2.24) is 4.57 Å². The largest absolute Gasteiger partial charge is 0.340 e. The summed E-state index contributed by atoms with van der Waals surface area (Å²) in [5.74, 6) is -0.371. The number of nitrogens with one attached hydrogen (secondary N) is 1. The maximum absolute atomic E-state index is 12.1. The SMILES string of the molecule is CCc1ccc(NC(=O)c2cc([N+](=O)[O-])cn2C)cc1. The molecule has 0 radical (unpaired) electrons. The predicted octanol–water partition coefficient (Wildman–Crippen LogP) is 2.75. The first-order valence-corrected chi connectivity index (χ1v) is 6.22. The molecular weight excluding hydrogens is 258 g/mol. The van der Waals surface area contributed by atoms with Crippen LogP contribution in [-0.2, 0) is 13.5 Å². The standard InChI is InChI=1S/C14H15N3O3/c1-3-10-4-6-11(7-5-10)15-14(18)13-8-12(17(19)20)9-16(13)2/h4-9H,3H2,1-2H3,(H,15,18). The van der Waals surface area contributed by atoms with E-state index in [4.69, 9.17) is 0 Å². The molecule has 20 heavy (non-hydrogen) atoms. The van der Waals surface area contributed by atoms with Gasteiger partial charge in [0.25, 0.3) is 11.6 Å². The quantitative estimate of drug-likeness (QED) is 0.687. The van der Waals surface area contributed by atoms with Gasteiger partial charge in [0, 0.05) is 18.8 Å². The number of aryl methyl sites for hydroxylation is 2. The summed E-state index contributed by atoms with van der Waals surface area (Å²) in [4.78, 5) is 22.2. The normalized spacial score (nSPS) is 10.3. The Kier molecular flexibility index (Phi) is 3.84. The Hall–Kier alpha value is -2.63. The molecule has 0 aliphatic carbocycles. The third kappa shape index (κ3) is 2.85. The molecule has 2 rings (SSSR count). The number of nitro groups is 1. The van der Waals surface area contributed by atoms with E-state index in [0.717, 1.165) is 6.42 Å². The van der Waals surface area contributed by atoms with Crippen LogP contribution in [0.1, 0.15) is 23.0 Å². The van der Waals surface area contributed by atoms with E-state index in [1.165, 1.54) is 22.4 Å². The number of carbonyl (C=O) groups excluding carboxylic acids is 1. The number of aromatic nitrogens is 1. The number of carbonyl (C=O) groups is 1. The fraction of sp³-hybridized carbons (Fsp3) is 0.214. The van der Waals surface area contributed by atoms with Gasteiger partial charge in [-0.1, -0.05) is 19.1 Å². The predicted molar refractivity (Wildman–Crippen MR) is 75.8 cm³/mol. The molecule has 0 spiro atoms. The van der Waals surface area contributed by atoms with Crippen LogP contribution in [0.3, 0.4) is 0 Å². The molecule has 2 aromatic rings. The van der Waals surface area contributed by atoms with Gasteiger partial charge in [-0.25, -0.2) is 0 Å². The molecule has 0 saturated carbocycles. The molecule has 0 aliphatic rings. The summed E-state index contributed by atoms with van der Waals surface area (Å²) in [5, 5.41) is 13.4. The highest BCUT2D eigenvalue weighted by atomic mass is 16.6. The smallest absolute Gasteiger partial charge is 0.287 e. The van der Waals surface area contributed by atoms with E-state index in [1.807, 2.05) is 24.3 Å². The topological polar surface area (TPSA) is 77.2 Å². The van der Waals surface area contributed by atoms with E-state index in [1.54, 1.807) is 7.05 Å². The fourth-order valence-electron chi connectivity index (χ4n) is 1.89. The van der Waals surface area contributed by atoms with Crippen LogP contribution < -0.4 is 5.32 Å². The lowest BCUT2D eigenvalue weighted by atomic mass is 10.1. The molecule has 1 aromatic heterocycles. The molecule has 1 amide bonds. The van der Waals surface area contributed by atoms with Crippen molar-refractivity contribution in [2.45, 2.75) is 13.3 Å².